The number of ether oxygens (including phenoxy) is 1. The molecular weight excluding hydrogens is 525 g/mol. The molecule has 0 spiro atoms. The number of piperazine rings is 1. The van der Waals surface area contributed by atoms with E-state index in [9.17, 15) is 9.18 Å². The van der Waals surface area contributed by atoms with E-state index < -0.39 is 0 Å². The zero-order chi connectivity index (χ0) is 28.0. The minimum atomic E-state index is -0.234. The largest absolute Gasteiger partial charge is 0.379 e. The van der Waals surface area contributed by atoms with Gasteiger partial charge in [0.05, 0.1) is 41.2 Å². The van der Waals surface area contributed by atoms with Gasteiger partial charge in [0, 0.05) is 61.8 Å². The molecule has 3 aliphatic rings. The van der Waals surface area contributed by atoms with Crippen molar-refractivity contribution in [3.05, 3.63) is 58.3 Å². The number of anilines is 1. The average Bonchev–Trinajstić information content (AvgIpc) is 3.50. The number of amides is 1. The summed E-state index contributed by atoms with van der Waals surface area (Å²) in [5.74, 6) is -0.0916. The first-order valence-electron chi connectivity index (χ1n) is 14.4. The van der Waals surface area contributed by atoms with E-state index in [-0.39, 0.29) is 23.2 Å². The standard InChI is InChI=1S/C31H40FN5O2S/c1-20-14-36(25(13-33-20)15-35-9-10-39-17-21(35)2)16-27(38)37-18-31(3,4)28-26(37)12-23(30-29(28)34-19-40-30)11-22-5-7-24(32)8-6-22/h5-8,12,19-21,25,33H,9-11,13-18H2,1-4H3/t20-,21-,25-/m1/s1. The number of rotatable bonds is 6. The number of hydrogen-bond acceptors (Lipinski definition) is 7. The number of carbonyl (C=O) groups excluding carboxylic acids is 1. The van der Waals surface area contributed by atoms with E-state index in [1.54, 1.807) is 11.3 Å². The summed E-state index contributed by atoms with van der Waals surface area (Å²) in [6, 6.07) is 9.88. The quantitative estimate of drug-likeness (QED) is 0.487. The van der Waals surface area contributed by atoms with Crippen molar-refractivity contribution >= 4 is 33.1 Å². The Morgan fingerprint density at radius 3 is 2.80 bits per heavy atom. The van der Waals surface area contributed by atoms with Crippen LogP contribution in [0.2, 0.25) is 0 Å². The third kappa shape index (κ3) is 5.42. The van der Waals surface area contributed by atoms with Gasteiger partial charge < -0.3 is 15.0 Å². The van der Waals surface area contributed by atoms with Crippen LogP contribution in [0.15, 0.2) is 35.8 Å². The van der Waals surface area contributed by atoms with Crippen LogP contribution < -0.4 is 10.2 Å². The Morgan fingerprint density at radius 1 is 1.23 bits per heavy atom. The van der Waals surface area contributed by atoms with Gasteiger partial charge in [0.25, 0.3) is 0 Å². The summed E-state index contributed by atoms with van der Waals surface area (Å²) < 4.78 is 20.4. The number of halogens is 1. The number of hydrogen-bond donors (Lipinski definition) is 1. The third-order valence-electron chi connectivity index (χ3n) is 8.81. The highest BCUT2D eigenvalue weighted by molar-refractivity contribution is 7.17. The fourth-order valence-corrected chi connectivity index (χ4v) is 7.47. The SMILES string of the molecule is C[C@@H]1CN(CC(=O)N2CC(C)(C)c3c2cc(Cc2ccc(F)cc2)c2scnc32)[C@@H](CN2CCOC[C@H]2C)CN1. The van der Waals surface area contributed by atoms with E-state index in [1.807, 2.05) is 22.5 Å². The topological polar surface area (TPSA) is 60.9 Å². The first-order valence-corrected chi connectivity index (χ1v) is 15.3. The molecule has 6 rings (SSSR count). The van der Waals surface area contributed by atoms with Crippen molar-refractivity contribution in [1.29, 1.82) is 0 Å². The predicted molar refractivity (Wildman–Crippen MR) is 159 cm³/mol. The number of fused-ring (bicyclic) bond motifs is 3. The Bertz CT molecular complexity index is 1380. The van der Waals surface area contributed by atoms with E-state index in [0.29, 0.717) is 31.6 Å². The first kappa shape index (κ1) is 27.7. The van der Waals surface area contributed by atoms with Gasteiger partial charge in [-0.3, -0.25) is 14.6 Å². The molecule has 0 bridgehead atoms. The minimum Gasteiger partial charge on any atom is -0.379 e. The molecule has 1 aromatic heterocycles. The number of nitrogens with one attached hydrogen (secondary N) is 1. The van der Waals surface area contributed by atoms with E-state index in [2.05, 4.69) is 48.9 Å². The van der Waals surface area contributed by atoms with Crippen molar-refractivity contribution in [2.24, 2.45) is 0 Å². The average molecular weight is 566 g/mol. The second-order valence-corrected chi connectivity index (χ2v) is 13.3. The van der Waals surface area contributed by atoms with Crippen LogP contribution in [0.1, 0.15) is 44.4 Å². The molecule has 0 saturated carbocycles. The summed E-state index contributed by atoms with van der Waals surface area (Å²) in [6.07, 6.45) is 0.670. The number of aromatic nitrogens is 1. The number of nitrogens with zero attached hydrogens (tertiary/aromatic N) is 4. The van der Waals surface area contributed by atoms with Crippen LogP contribution in [0.3, 0.4) is 0 Å². The Kier molecular flexibility index (Phi) is 7.69. The van der Waals surface area contributed by atoms with Gasteiger partial charge in [-0.2, -0.15) is 0 Å². The normalized spacial score (nSPS) is 25.4. The lowest BCUT2D eigenvalue weighted by atomic mass is 9.85. The van der Waals surface area contributed by atoms with Gasteiger partial charge in [0.15, 0.2) is 0 Å². The molecule has 40 heavy (non-hydrogen) atoms. The number of carbonyl (C=O) groups is 1. The monoisotopic (exact) mass is 565 g/mol. The van der Waals surface area contributed by atoms with Crippen LogP contribution >= 0.6 is 11.3 Å². The maximum absolute atomic E-state index is 14.1. The lowest BCUT2D eigenvalue weighted by Gasteiger charge is -2.43. The van der Waals surface area contributed by atoms with E-state index in [4.69, 9.17) is 9.72 Å². The second kappa shape index (κ2) is 11.1. The zero-order valence-corrected chi connectivity index (χ0v) is 24.8. The lowest BCUT2D eigenvalue weighted by Crippen LogP contribution is -2.62. The lowest BCUT2D eigenvalue weighted by molar-refractivity contribution is -0.121. The molecule has 2 aromatic carbocycles. The van der Waals surface area contributed by atoms with Crippen molar-refractivity contribution in [3.63, 3.8) is 0 Å². The Labute approximate surface area is 240 Å². The van der Waals surface area contributed by atoms with Crippen LogP contribution in [0.25, 0.3) is 10.2 Å². The van der Waals surface area contributed by atoms with Gasteiger partial charge in [-0.1, -0.05) is 26.0 Å². The molecule has 2 fully saturated rings. The molecule has 3 aromatic rings. The molecule has 3 atom stereocenters. The Morgan fingerprint density at radius 2 is 2.02 bits per heavy atom. The van der Waals surface area contributed by atoms with Crippen LogP contribution in [0.5, 0.6) is 0 Å². The van der Waals surface area contributed by atoms with Crippen LogP contribution in [-0.2, 0) is 21.4 Å². The highest BCUT2D eigenvalue weighted by atomic mass is 32.1. The summed E-state index contributed by atoms with van der Waals surface area (Å²) in [7, 11) is 0. The fraction of sp³-hybridized carbons (Fsp3) is 0.548. The number of thiazole rings is 1. The smallest absolute Gasteiger partial charge is 0.241 e. The summed E-state index contributed by atoms with van der Waals surface area (Å²) >= 11 is 1.64. The zero-order valence-electron chi connectivity index (χ0n) is 24.0. The van der Waals surface area contributed by atoms with Gasteiger partial charge in [-0.15, -0.1) is 11.3 Å². The first-order chi connectivity index (χ1) is 19.2. The highest BCUT2D eigenvalue weighted by Gasteiger charge is 2.42. The van der Waals surface area contributed by atoms with Gasteiger partial charge in [0.1, 0.15) is 5.82 Å². The second-order valence-electron chi connectivity index (χ2n) is 12.4. The van der Waals surface area contributed by atoms with Gasteiger partial charge in [-0.25, -0.2) is 9.37 Å². The third-order valence-corrected chi connectivity index (χ3v) is 9.71. The van der Waals surface area contributed by atoms with E-state index in [0.717, 1.165) is 72.0 Å². The molecule has 1 N–H and O–H groups in total. The van der Waals surface area contributed by atoms with Gasteiger partial charge in [0.2, 0.25) is 5.91 Å². The summed E-state index contributed by atoms with van der Waals surface area (Å²) in [6.45, 7) is 15.0. The molecule has 4 heterocycles. The fourth-order valence-electron chi connectivity index (χ4n) is 6.66. The molecule has 7 nitrogen and oxygen atoms in total. The molecule has 0 unspecified atom stereocenters. The van der Waals surface area contributed by atoms with Crippen molar-refractivity contribution < 1.29 is 13.9 Å². The maximum Gasteiger partial charge on any atom is 0.241 e. The van der Waals surface area contributed by atoms with E-state index >= 15 is 0 Å². The molecule has 0 aliphatic carbocycles. The van der Waals surface area contributed by atoms with Gasteiger partial charge in [-0.05, 0) is 49.6 Å². The minimum absolute atomic E-state index is 0.142. The Hall–Kier alpha value is -2.43. The molecule has 1 amide bonds. The van der Waals surface area contributed by atoms with Crippen LogP contribution in [0.4, 0.5) is 10.1 Å². The molecule has 3 aliphatic heterocycles. The summed E-state index contributed by atoms with van der Waals surface area (Å²) in [5, 5.41) is 3.63. The molecular formula is C31H40FN5O2S. The van der Waals surface area contributed by atoms with Crippen LogP contribution in [0, 0.1) is 5.82 Å². The van der Waals surface area contributed by atoms with E-state index in [1.165, 1.54) is 12.1 Å². The predicted octanol–water partition coefficient (Wildman–Crippen LogP) is 4.03. The molecule has 214 valence electrons. The van der Waals surface area contributed by atoms with Crippen molar-refractivity contribution in [2.45, 2.75) is 57.7 Å². The van der Waals surface area contributed by atoms with Crippen molar-refractivity contribution in [1.82, 2.24) is 20.1 Å². The van der Waals surface area contributed by atoms with Crippen molar-refractivity contribution in [2.75, 3.05) is 57.4 Å². The Balaban J connectivity index is 1.28. The maximum atomic E-state index is 14.1. The molecule has 9 heteroatoms. The summed E-state index contributed by atoms with van der Waals surface area (Å²) in [5.41, 5.74) is 7.01. The number of morpholine rings is 1. The van der Waals surface area contributed by atoms with Crippen molar-refractivity contribution in [3.8, 4) is 0 Å². The molecule has 2 saturated heterocycles. The summed E-state index contributed by atoms with van der Waals surface area (Å²) in [4.78, 5) is 25.8. The molecule has 0 radical (unpaired) electrons. The van der Waals surface area contributed by atoms with Crippen LogP contribution in [-0.4, -0.2) is 91.3 Å². The number of benzene rings is 2. The highest BCUT2D eigenvalue weighted by Crippen LogP contribution is 2.46. The van der Waals surface area contributed by atoms with Gasteiger partial charge >= 0.3 is 0 Å².